The van der Waals surface area contributed by atoms with E-state index in [4.69, 9.17) is 4.74 Å². The number of sulfonamides is 1. The maximum Gasteiger partial charge on any atom is 0.271 e. The van der Waals surface area contributed by atoms with Crippen LogP contribution in [0, 0.1) is 30.2 Å². The maximum absolute atomic E-state index is 14.3. The van der Waals surface area contributed by atoms with Gasteiger partial charge in [0.2, 0.25) is 0 Å². The van der Waals surface area contributed by atoms with Gasteiger partial charge in [-0.1, -0.05) is 6.07 Å². The zero-order valence-electron chi connectivity index (χ0n) is 15.9. The summed E-state index contributed by atoms with van der Waals surface area (Å²) in [6.45, 7) is 1.33. The average molecular weight is 440 g/mol. The molecule has 0 amide bonds. The molecule has 10 heteroatoms. The summed E-state index contributed by atoms with van der Waals surface area (Å²) in [6.07, 6.45) is 0.774. The number of aryl methyl sites for hydroxylation is 1. The lowest BCUT2D eigenvalue weighted by Crippen LogP contribution is -2.33. The van der Waals surface area contributed by atoms with Crippen molar-refractivity contribution in [2.45, 2.75) is 18.4 Å². The Kier molecular flexibility index (Phi) is 5.97. The molecule has 0 aliphatic heterocycles. The summed E-state index contributed by atoms with van der Waals surface area (Å²) in [5, 5.41) is 0. The van der Waals surface area contributed by atoms with Crippen molar-refractivity contribution in [2.75, 3.05) is 11.4 Å². The van der Waals surface area contributed by atoms with Crippen LogP contribution in [0.2, 0.25) is 0 Å². The van der Waals surface area contributed by atoms with E-state index in [1.165, 1.54) is 7.11 Å². The number of hydrogen-bond donors (Lipinski definition) is 0. The van der Waals surface area contributed by atoms with Crippen molar-refractivity contribution in [2.24, 2.45) is 0 Å². The van der Waals surface area contributed by atoms with Crippen molar-refractivity contribution in [3.63, 3.8) is 0 Å². The molecule has 0 aliphatic rings. The predicted octanol–water partition coefficient (Wildman–Crippen LogP) is 4.35. The van der Waals surface area contributed by atoms with Gasteiger partial charge in [0, 0.05) is 12.1 Å². The minimum atomic E-state index is -4.88. The topological polar surface area (TPSA) is 59.5 Å². The van der Waals surface area contributed by atoms with Crippen molar-refractivity contribution in [3.05, 3.63) is 83.1 Å². The number of nitrogens with zero attached hydrogens (tertiary/aromatic N) is 2. The first-order valence-corrected chi connectivity index (χ1v) is 10.00. The third-order valence-corrected chi connectivity index (χ3v) is 6.14. The minimum Gasteiger partial charge on any atom is -0.497 e. The molecule has 0 N–H and O–H groups in total. The van der Waals surface area contributed by atoms with Gasteiger partial charge >= 0.3 is 0 Å². The Labute approximate surface area is 170 Å². The molecule has 0 unspecified atom stereocenters. The Hall–Kier alpha value is -3.14. The van der Waals surface area contributed by atoms with E-state index in [2.05, 4.69) is 4.98 Å². The van der Waals surface area contributed by atoms with E-state index in [0.29, 0.717) is 21.2 Å². The van der Waals surface area contributed by atoms with Crippen molar-refractivity contribution in [3.8, 4) is 5.75 Å². The van der Waals surface area contributed by atoms with Crippen LogP contribution in [0.15, 0.2) is 53.6 Å². The van der Waals surface area contributed by atoms with Crippen LogP contribution in [-0.2, 0) is 16.6 Å². The fourth-order valence-corrected chi connectivity index (χ4v) is 4.31. The number of benzene rings is 2. The van der Waals surface area contributed by atoms with Crippen molar-refractivity contribution in [1.29, 1.82) is 0 Å². The van der Waals surface area contributed by atoms with E-state index in [1.807, 2.05) is 0 Å². The third-order valence-electron chi connectivity index (χ3n) is 4.34. The highest BCUT2D eigenvalue weighted by Gasteiger charge is 2.33. The van der Waals surface area contributed by atoms with Gasteiger partial charge in [-0.3, -0.25) is 0 Å². The quantitative estimate of drug-likeness (QED) is 0.535. The SMILES string of the molecule is COc1ccc(CN(c2ccc(F)cn2)S(=O)(=O)c2c(F)cc(F)cc2F)c(C)c1. The van der Waals surface area contributed by atoms with Crippen molar-refractivity contribution in [1.82, 2.24) is 4.98 Å². The highest BCUT2D eigenvalue weighted by molar-refractivity contribution is 7.92. The van der Waals surface area contributed by atoms with Crippen molar-refractivity contribution < 1.29 is 30.7 Å². The Morgan fingerprint density at radius 3 is 2.17 bits per heavy atom. The van der Waals surface area contributed by atoms with Crippen LogP contribution in [0.4, 0.5) is 23.4 Å². The second kappa shape index (κ2) is 8.31. The van der Waals surface area contributed by atoms with E-state index >= 15 is 0 Å². The standard InChI is InChI=1S/C20H16F4N2O3S/c1-12-7-16(29-2)5-3-13(12)11-26(19-6-4-14(21)10-25-19)30(27,28)20-17(23)8-15(22)9-18(20)24/h3-10H,11H2,1-2H3. The molecule has 1 aromatic heterocycles. The van der Waals surface area contributed by atoms with Crippen LogP contribution in [0.25, 0.3) is 0 Å². The summed E-state index contributed by atoms with van der Waals surface area (Å²) in [5.74, 6) is -4.91. The molecule has 3 aromatic rings. The van der Waals surface area contributed by atoms with Gasteiger partial charge in [-0.05, 0) is 42.3 Å². The molecule has 5 nitrogen and oxygen atoms in total. The fraction of sp³-hybridized carbons (Fsp3) is 0.150. The van der Waals surface area contributed by atoms with Crippen LogP contribution in [0.5, 0.6) is 5.75 Å². The largest absolute Gasteiger partial charge is 0.497 e. The smallest absolute Gasteiger partial charge is 0.271 e. The maximum atomic E-state index is 14.3. The van der Waals surface area contributed by atoms with Crippen LogP contribution in [0.3, 0.4) is 0 Å². The van der Waals surface area contributed by atoms with Crippen LogP contribution < -0.4 is 9.04 Å². The molecular weight excluding hydrogens is 424 g/mol. The Bertz CT molecular complexity index is 1160. The number of pyridine rings is 1. The summed E-state index contributed by atoms with van der Waals surface area (Å²) in [7, 11) is -3.41. The van der Waals surface area contributed by atoms with E-state index in [-0.39, 0.29) is 24.5 Å². The molecule has 30 heavy (non-hydrogen) atoms. The Morgan fingerprint density at radius 1 is 0.967 bits per heavy atom. The molecule has 0 spiro atoms. The summed E-state index contributed by atoms with van der Waals surface area (Å²) in [4.78, 5) is 2.40. The molecule has 0 saturated carbocycles. The lowest BCUT2D eigenvalue weighted by Gasteiger charge is -2.25. The molecule has 3 rings (SSSR count). The van der Waals surface area contributed by atoms with Gasteiger partial charge in [0.25, 0.3) is 10.0 Å². The highest BCUT2D eigenvalue weighted by atomic mass is 32.2. The monoisotopic (exact) mass is 440 g/mol. The highest BCUT2D eigenvalue weighted by Crippen LogP contribution is 2.30. The van der Waals surface area contributed by atoms with E-state index in [1.54, 1.807) is 25.1 Å². The molecular formula is C20H16F4N2O3S. The van der Waals surface area contributed by atoms with Gasteiger partial charge in [0.15, 0.2) is 4.90 Å². The van der Waals surface area contributed by atoms with Gasteiger partial charge < -0.3 is 4.74 Å². The Balaban J connectivity index is 2.16. The minimum absolute atomic E-state index is 0.269. The van der Waals surface area contributed by atoms with Gasteiger partial charge in [-0.25, -0.2) is 35.3 Å². The van der Waals surface area contributed by atoms with Gasteiger partial charge in [-0.15, -0.1) is 0 Å². The third kappa shape index (κ3) is 4.23. The summed E-state index contributed by atoms with van der Waals surface area (Å²) in [5.41, 5.74) is 1.12. The number of aromatic nitrogens is 1. The van der Waals surface area contributed by atoms with E-state index in [0.717, 1.165) is 18.3 Å². The van der Waals surface area contributed by atoms with Gasteiger partial charge in [0.1, 0.15) is 34.8 Å². The normalized spacial score (nSPS) is 11.4. The number of hydrogen-bond acceptors (Lipinski definition) is 4. The molecule has 0 radical (unpaired) electrons. The van der Waals surface area contributed by atoms with Gasteiger partial charge in [0.05, 0.1) is 19.9 Å². The van der Waals surface area contributed by atoms with Crippen LogP contribution in [0.1, 0.15) is 11.1 Å². The number of ether oxygens (including phenoxy) is 1. The molecule has 0 aliphatic carbocycles. The first kappa shape index (κ1) is 21.6. The number of halogens is 4. The molecule has 0 fully saturated rings. The number of anilines is 1. The van der Waals surface area contributed by atoms with Gasteiger partial charge in [-0.2, -0.15) is 0 Å². The second-order valence-corrected chi connectivity index (χ2v) is 8.14. The lowest BCUT2D eigenvalue weighted by atomic mass is 10.1. The molecule has 158 valence electrons. The lowest BCUT2D eigenvalue weighted by molar-refractivity contribution is 0.414. The van der Waals surface area contributed by atoms with E-state index < -0.39 is 38.2 Å². The zero-order valence-corrected chi connectivity index (χ0v) is 16.7. The molecule has 0 bridgehead atoms. The van der Waals surface area contributed by atoms with Crippen molar-refractivity contribution >= 4 is 15.8 Å². The summed E-state index contributed by atoms with van der Waals surface area (Å²) in [6, 6.07) is 7.38. The fourth-order valence-electron chi connectivity index (χ4n) is 2.82. The molecule has 0 saturated heterocycles. The summed E-state index contributed by atoms with van der Waals surface area (Å²) >= 11 is 0. The summed E-state index contributed by atoms with van der Waals surface area (Å²) < 4.78 is 87.2. The first-order valence-electron chi connectivity index (χ1n) is 8.56. The van der Waals surface area contributed by atoms with Crippen LogP contribution >= 0.6 is 0 Å². The number of rotatable bonds is 6. The molecule has 1 heterocycles. The Morgan fingerprint density at radius 2 is 1.63 bits per heavy atom. The zero-order chi connectivity index (χ0) is 22.1. The average Bonchev–Trinajstić information content (AvgIpc) is 2.66. The van der Waals surface area contributed by atoms with Crippen LogP contribution in [-0.4, -0.2) is 20.5 Å². The molecule has 2 aromatic carbocycles. The molecule has 0 atom stereocenters. The predicted molar refractivity (Wildman–Crippen MR) is 102 cm³/mol. The number of methoxy groups -OCH3 is 1. The second-order valence-electron chi connectivity index (χ2n) is 6.34. The first-order chi connectivity index (χ1) is 14.1. The van der Waals surface area contributed by atoms with E-state index in [9.17, 15) is 26.0 Å².